The van der Waals surface area contributed by atoms with Gasteiger partial charge in [-0.3, -0.25) is 0 Å². The minimum Gasteiger partial charge on any atom is -0.368 e. The number of rotatable bonds is 1. The molecule has 2 N–H and O–H groups in total. The van der Waals surface area contributed by atoms with Gasteiger partial charge < -0.3 is 10.3 Å². The fraction of sp³-hybridized carbons (Fsp3) is 0.250. The summed E-state index contributed by atoms with van der Waals surface area (Å²) in [6.45, 7) is 2.03. The maximum atomic E-state index is 5.23. The van der Waals surface area contributed by atoms with Gasteiger partial charge in [-0.15, -0.1) is 0 Å². The lowest BCUT2D eigenvalue weighted by Gasteiger charge is -1.75. The van der Waals surface area contributed by atoms with E-state index in [1.54, 1.807) is 6.07 Å². The van der Waals surface area contributed by atoms with Gasteiger partial charge in [-0.25, -0.2) is 0 Å². The highest BCUT2D eigenvalue weighted by molar-refractivity contribution is 7.45. The maximum absolute atomic E-state index is 5.23. The van der Waals surface area contributed by atoms with Crippen molar-refractivity contribution in [3.63, 3.8) is 0 Å². The second kappa shape index (κ2) is 2.14. The SMILES string of the molecule is CPc1cc(N)on1. The number of nitrogen functional groups attached to an aromatic ring is 1. The third-order valence-corrected chi connectivity index (χ3v) is 1.53. The van der Waals surface area contributed by atoms with Crippen molar-refractivity contribution in [2.45, 2.75) is 0 Å². The minimum absolute atomic E-state index is 0.398. The van der Waals surface area contributed by atoms with Gasteiger partial charge in [-0.1, -0.05) is 13.7 Å². The standard InChI is InChI=1S/C4H7N2OP/c1-8-4-2-3(5)7-6-4/h2,8H,5H2,1H3. The van der Waals surface area contributed by atoms with Gasteiger partial charge in [0.15, 0.2) is 0 Å². The van der Waals surface area contributed by atoms with Crippen LogP contribution in [0.15, 0.2) is 10.6 Å². The molecule has 44 valence electrons. The van der Waals surface area contributed by atoms with Gasteiger partial charge in [-0.2, -0.15) is 0 Å². The van der Waals surface area contributed by atoms with Crippen LogP contribution in [0.5, 0.6) is 0 Å². The van der Waals surface area contributed by atoms with E-state index in [2.05, 4.69) is 9.68 Å². The summed E-state index contributed by atoms with van der Waals surface area (Å²) in [5, 5.41) is 3.65. The highest BCUT2D eigenvalue weighted by atomic mass is 31.1. The zero-order valence-electron chi connectivity index (χ0n) is 4.51. The number of aromatic nitrogens is 1. The lowest BCUT2D eigenvalue weighted by atomic mass is 10.7. The van der Waals surface area contributed by atoms with Gasteiger partial charge in [0.1, 0.15) is 5.44 Å². The molecular weight excluding hydrogens is 123 g/mol. The summed E-state index contributed by atoms with van der Waals surface area (Å²) < 4.78 is 4.59. The van der Waals surface area contributed by atoms with Gasteiger partial charge in [0, 0.05) is 6.07 Å². The molecule has 1 atom stereocenters. The summed E-state index contributed by atoms with van der Waals surface area (Å²) in [5.74, 6) is 0.398. The van der Waals surface area contributed by atoms with E-state index in [4.69, 9.17) is 5.73 Å². The molecule has 0 aliphatic heterocycles. The van der Waals surface area contributed by atoms with Crippen LogP contribution in [0.3, 0.4) is 0 Å². The normalized spacial score (nSPS) is 11.1. The van der Waals surface area contributed by atoms with Crippen molar-refractivity contribution in [1.29, 1.82) is 0 Å². The van der Waals surface area contributed by atoms with Crippen LogP contribution in [0, 0.1) is 0 Å². The van der Waals surface area contributed by atoms with E-state index < -0.39 is 0 Å². The number of anilines is 1. The lowest BCUT2D eigenvalue weighted by molar-refractivity contribution is 0.442. The molecule has 0 amide bonds. The van der Waals surface area contributed by atoms with Crippen molar-refractivity contribution < 1.29 is 4.52 Å². The van der Waals surface area contributed by atoms with E-state index in [-0.39, 0.29) is 0 Å². The Labute approximate surface area is 49.0 Å². The summed E-state index contributed by atoms with van der Waals surface area (Å²) in [4.78, 5) is 0. The fourth-order valence-electron chi connectivity index (χ4n) is 0.407. The highest BCUT2D eigenvalue weighted by Crippen LogP contribution is 2.04. The van der Waals surface area contributed by atoms with E-state index >= 15 is 0 Å². The van der Waals surface area contributed by atoms with Crippen molar-refractivity contribution in [2.24, 2.45) is 0 Å². The Morgan fingerprint density at radius 1 is 1.88 bits per heavy atom. The minimum atomic E-state index is 0.398. The van der Waals surface area contributed by atoms with Gasteiger partial charge >= 0.3 is 0 Å². The average Bonchev–Trinajstić information content (AvgIpc) is 2.14. The van der Waals surface area contributed by atoms with Crippen LogP contribution in [0.4, 0.5) is 5.88 Å². The molecular formula is C4H7N2OP. The molecule has 0 spiro atoms. The van der Waals surface area contributed by atoms with Crippen molar-refractivity contribution in [1.82, 2.24) is 5.16 Å². The molecule has 0 radical (unpaired) electrons. The van der Waals surface area contributed by atoms with E-state index in [0.717, 1.165) is 5.44 Å². The van der Waals surface area contributed by atoms with E-state index in [1.165, 1.54) is 0 Å². The summed E-state index contributed by atoms with van der Waals surface area (Å²) in [6.07, 6.45) is 0. The van der Waals surface area contributed by atoms with E-state index in [1.807, 2.05) is 6.66 Å². The van der Waals surface area contributed by atoms with Crippen molar-refractivity contribution in [2.75, 3.05) is 12.4 Å². The molecule has 0 bridgehead atoms. The fourth-order valence-corrected chi connectivity index (χ4v) is 0.831. The first-order chi connectivity index (χ1) is 3.83. The highest BCUT2D eigenvalue weighted by Gasteiger charge is 1.93. The first-order valence-electron chi connectivity index (χ1n) is 2.23. The quantitative estimate of drug-likeness (QED) is 0.552. The third-order valence-electron chi connectivity index (χ3n) is 0.785. The Bertz CT molecular complexity index is 174. The van der Waals surface area contributed by atoms with Crippen LogP contribution in [0.1, 0.15) is 0 Å². The monoisotopic (exact) mass is 130 g/mol. The molecule has 0 fully saturated rings. The van der Waals surface area contributed by atoms with Crippen LogP contribution >= 0.6 is 8.58 Å². The van der Waals surface area contributed by atoms with Crippen molar-refractivity contribution >= 4 is 19.9 Å². The Balaban J connectivity index is 2.84. The largest absolute Gasteiger partial charge is 0.368 e. The molecule has 0 saturated heterocycles. The Morgan fingerprint density at radius 2 is 2.62 bits per heavy atom. The molecule has 0 saturated carbocycles. The van der Waals surface area contributed by atoms with Gasteiger partial charge in [-0.05, 0) is 6.66 Å². The number of nitrogens with zero attached hydrogens (tertiary/aromatic N) is 1. The summed E-state index contributed by atoms with van der Waals surface area (Å²) in [6, 6.07) is 1.73. The first-order valence-corrected chi connectivity index (χ1v) is 3.73. The maximum Gasteiger partial charge on any atom is 0.222 e. The number of hydrogen-bond acceptors (Lipinski definition) is 3. The molecule has 4 heteroatoms. The Hall–Kier alpha value is -0.560. The molecule has 1 aromatic rings. The zero-order valence-corrected chi connectivity index (χ0v) is 5.51. The lowest BCUT2D eigenvalue weighted by Crippen LogP contribution is -1.89. The Kier molecular flexibility index (Phi) is 1.49. The summed E-state index contributed by atoms with van der Waals surface area (Å²) in [7, 11) is 0.666. The number of nitrogens with two attached hydrogens (primary N) is 1. The van der Waals surface area contributed by atoms with Crippen LogP contribution in [0.2, 0.25) is 0 Å². The second-order valence-electron chi connectivity index (χ2n) is 1.36. The molecule has 0 aromatic carbocycles. The van der Waals surface area contributed by atoms with E-state index in [9.17, 15) is 0 Å². The predicted molar refractivity (Wildman–Crippen MR) is 34.8 cm³/mol. The zero-order chi connectivity index (χ0) is 5.98. The second-order valence-corrected chi connectivity index (χ2v) is 2.38. The molecule has 3 nitrogen and oxygen atoms in total. The average molecular weight is 130 g/mol. The number of hydrogen-bond donors (Lipinski definition) is 1. The van der Waals surface area contributed by atoms with Crippen LogP contribution < -0.4 is 11.2 Å². The summed E-state index contributed by atoms with van der Waals surface area (Å²) >= 11 is 0. The predicted octanol–water partition coefficient (Wildman–Crippen LogP) is 0.190. The molecule has 1 unspecified atom stereocenters. The molecule has 0 aliphatic carbocycles. The van der Waals surface area contributed by atoms with Gasteiger partial charge in [0.2, 0.25) is 5.88 Å². The van der Waals surface area contributed by atoms with E-state index in [0.29, 0.717) is 14.5 Å². The van der Waals surface area contributed by atoms with Crippen LogP contribution in [-0.2, 0) is 0 Å². The third kappa shape index (κ3) is 0.984. The van der Waals surface area contributed by atoms with Crippen molar-refractivity contribution in [3.05, 3.63) is 6.07 Å². The Morgan fingerprint density at radius 3 is 2.88 bits per heavy atom. The molecule has 1 aromatic heterocycles. The van der Waals surface area contributed by atoms with Gasteiger partial charge in [0.25, 0.3) is 0 Å². The molecule has 1 rings (SSSR count). The molecule has 8 heavy (non-hydrogen) atoms. The first kappa shape index (κ1) is 5.57. The smallest absolute Gasteiger partial charge is 0.222 e. The molecule has 0 aliphatic rings. The van der Waals surface area contributed by atoms with Gasteiger partial charge in [0.05, 0.1) is 0 Å². The summed E-state index contributed by atoms with van der Waals surface area (Å²) in [5.41, 5.74) is 6.16. The van der Waals surface area contributed by atoms with Crippen LogP contribution in [-0.4, -0.2) is 11.8 Å². The topological polar surface area (TPSA) is 52.0 Å². The van der Waals surface area contributed by atoms with Crippen molar-refractivity contribution in [3.8, 4) is 0 Å². The molecule has 1 heterocycles. The van der Waals surface area contributed by atoms with Crippen LogP contribution in [0.25, 0.3) is 0 Å².